The number of carbonyl (C=O) groups excluding carboxylic acids is 2. The standard InChI is InChI=1S/C19H16N2O7/c1-12(18(22)20-11-15-3-2-10-26-15)27-19(23)17-9-8-16(28-17)13-4-6-14(7-5-13)21(24)25/h2-10,12H,11H2,1H3,(H,20,22)/t12-/m1/s1. The lowest BCUT2D eigenvalue weighted by Gasteiger charge is -2.12. The second kappa shape index (κ2) is 8.21. The Hall–Kier alpha value is -3.88. The maximum Gasteiger partial charge on any atom is 0.375 e. The van der Waals surface area contributed by atoms with Gasteiger partial charge in [-0.15, -0.1) is 0 Å². The van der Waals surface area contributed by atoms with Crippen LogP contribution in [0.15, 0.2) is 63.6 Å². The summed E-state index contributed by atoms with van der Waals surface area (Å²) in [5, 5.41) is 13.3. The van der Waals surface area contributed by atoms with E-state index in [1.807, 2.05) is 0 Å². The summed E-state index contributed by atoms with van der Waals surface area (Å²) < 4.78 is 15.6. The molecule has 2 heterocycles. The molecular weight excluding hydrogens is 368 g/mol. The zero-order valence-corrected chi connectivity index (χ0v) is 14.8. The van der Waals surface area contributed by atoms with Crippen LogP contribution in [-0.2, 0) is 16.1 Å². The quantitative estimate of drug-likeness (QED) is 0.376. The molecule has 0 aliphatic carbocycles. The van der Waals surface area contributed by atoms with Gasteiger partial charge in [0.15, 0.2) is 6.10 Å². The molecule has 9 nitrogen and oxygen atoms in total. The summed E-state index contributed by atoms with van der Waals surface area (Å²) in [5.74, 6) is -0.442. The highest BCUT2D eigenvalue weighted by molar-refractivity contribution is 5.90. The van der Waals surface area contributed by atoms with Gasteiger partial charge in [-0.2, -0.15) is 0 Å². The fourth-order valence-electron chi connectivity index (χ4n) is 2.35. The molecule has 1 aromatic carbocycles. The van der Waals surface area contributed by atoms with E-state index in [1.165, 1.54) is 43.5 Å². The summed E-state index contributed by atoms with van der Waals surface area (Å²) >= 11 is 0. The van der Waals surface area contributed by atoms with Crippen molar-refractivity contribution in [2.24, 2.45) is 0 Å². The van der Waals surface area contributed by atoms with Gasteiger partial charge in [-0.05, 0) is 43.3 Å². The molecule has 1 amide bonds. The van der Waals surface area contributed by atoms with Crippen LogP contribution in [0.25, 0.3) is 11.3 Å². The number of hydrogen-bond acceptors (Lipinski definition) is 7. The second-order valence-electron chi connectivity index (χ2n) is 5.81. The number of hydrogen-bond donors (Lipinski definition) is 1. The third-order valence-electron chi connectivity index (χ3n) is 3.84. The van der Waals surface area contributed by atoms with Crippen molar-refractivity contribution in [3.63, 3.8) is 0 Å². The molecule has 28 heavy (non-hydrogen) atoms. The third-order valence-corrected chi connectivity index (χ3v) is 3.84. The molecule has 0 aliphatic heterocycles. The van der Waals surface area contributed by atoms with E-state index >= 15 is 0 Å². The fourth-order valence-corrected chi connectivity index (χ4v) is 2.35. The van der Waals surface area contributed by atoms with Crippen molar-refractivity contribution in [1.82, 2.24) is 5.32 Å². The minimum Gasteiger partial charge on any atom is -0.467 e. The van der Waals surface area contributed by atoms with Crippen LogP contribution in [0.4, 0.5) is 5.69 Å². The van der Waals surface area contributed by atoms with Crippen LogP contribution >= 0.6 is 0 Å². The summed E-state index contributed by atoms with van der Waals surface area (Å²) in [6.07, 6.45) is 0.458. The molecule has 9 heteroatoms. The first kappa shape index (κ1) is 18.9. The van der Waals surface area contributed by atoms with Crippen molar-refractivity contribution in [3.8, 4) is 11.3 Å². The average Bonchev–Trinajstić information content (AvgIpc) is 3.38. The molecular formula is C19H16N2O7. The number of amides is 1. The van der Waals surface area contributed by atoms with Gasteiger partial charge >= 0.3 is 5.97 Å². The molecule has 144 valence electrons. The van der Waals surface area contributed by atoms with Crippen LogP contribution in [0.3, 0.4) is 0 Å². The highest BCUT2D eigenvalue weighted by Gasteiger charge is 2.21. The molecule has 0 saturated carbocycles. The number of non-ortho nitro benzene ring substituents is 1. The van der Waals surface area contributed by atoms with E-state index < -0.39 is 22.9 Å². The lowest BCUT2D eigenvalue weighted by Crippen LogP contribution is -2.35. The first-order valence-corrected chi connectivity index (χ1v) is 8.30. The van der Waals surface area contributed by atoms with Gasteiger partial charge in [0.2, 0.25) is 5.76 Å². The molecule has 3 aromatic rings. The lowest BCUT2D eigenvalue weighted by atomic mass is 10.1. The van der Waals surface area contributed by atoms with Gasteiger partial charge < -0.3 is 18.9 Å². The molecule has 0 aliphatic rings. The molecule has 0 spiro atoms. The Morgan fingerprint density at radius 3 is 2.57 bits per heavy atom. The highest BCUT2D eigenvalue weighted by Crippen LogP contribution is 2.25. The van der Waals surface area contributed by atoms with E-state index in [0.29, 0.717) is 17.1 Å². The Morgan fingerprint density at radius 1 is 1.18 bits per heavy atom. The highest BCUT2D eigenvalue weighted by atomic mass is 16.6. The predicted molar refractivity (Wildman–Crippen MR) is 96.2 cm³/mol. The Labute approximate surface area is 159 Å². The van der Waals surface area contributed by atoms with Gasteiger partial charge in [0.05, 0.1) is 17.7 Å². The summed E-state index contributed by atoms with van der Waals surface area (Å²) in [6.45, 7) is 1.62. The molecule has 0 bridgehead atoms. The number of nitrogens with zero attached hydrogens (tertiary/aromatic N) is 1. The summed E-state index contributed by atoms with van der Waals surface area (Å²) in [6, 6.07) is 12.0. The van der Waals surface area contributed by atoms with Gasteiger partial charge in [0.25, 0.3) is 11.6 Å². The third kappa shape index (κ3) is 4.44. The van der Waals surface area contributed by atoms with Crippen molar-refractivity contribution >= 4 is 17.6 Å². The summed E-state index contributed by atoms with van der Waals surface area (Å²) in [5.41, 5.74) is 0.512. The van der Waals surface area contributed by atoms with E-state index in [1.54, 1.807) is 18.2 Å². The normalized spacial score (nSPS) is 11.6. The predicted octanol–water partition coefficient (Wildman–Crippen LogP) is 3.31. The van der Waals surface area contributed by atoms with Crippen LogP contribution in [0.2, 0.25) is 0 Å². The van der Waals surface area contributed by atoms with Gasteiger partial charge in [0.1, 0.15) is 11.5 Å². The number of carbonyl (C=O) groups is 2. The van der Waals surface area contributed by atoms with Gasteiger partial charge in [-0.25, -0.2) is 4.79 Å². The first-order valence-electron chi connectivity index (χ1n) is 8.30. The maximum atomic E-state index is 12.2. The SMILES string of the molecule is C[C@@H](OC(=O)c1ccc(-c2ccc([N+](=O)[O-])cc2)o1)C(=O)NCc1ccco1. The summed E-state index contributed by atoms with van der Waals surface area (Å²) in [4.78, 5) is 34.4. The summed E-state index contributed by atoms with van der Waals surface area (Å²) in [7, 11) is 0. The van der Waals surface area contributed by atoms with Gasteiger partial charge in [-0.3, -0.25) is 14.9 Å². The number of ether oxygens (including phenoxy) is 1. The zero-order valence-electron chi connectivity index (χ0n) is 14.8. The lowest BCUT2D eigenvalue weighted by molar-refractivity contribution is -0.384. The largest absolute Gasteiger partial charge is 0.467 e. The molecule has 2 aromatic heterocycles. The monoisotopic (exact) mass is 384 g/mol. The Bertz CT molecular complexity index is 974. The number of esters is 1. The van der Waals surface area contributed by atoms with Crippen LogP contribution in [0, 0.1) is 10.1 Å². The number of furan rings is 2. The molecule has 0 fully saturated rings. The smallest absolute Gasteiger partial charge is 0.375 e. The van der Waals surface area contributed by atoms with E-state index in [4.69, 9.17) is 13.6 Å². The molecule has 0 saturated heterocycles. The Morgan fingerprint density at radius 2 is 1.93 bits per heavy atom. The van der Waals surface area contributed by atoms with Crippen LogP contribution in [0.5, 0.6) is 0 Å². The number of rotatable bonds is 7. The van der Waals surface area contributed by atoms with Crippen molar-refractivity contribution in [1.29, 1.82) is 0 Å². The van der Waals surface area contributed by atoms with Crippen molar-refractivity contribution < 1.29 is 28.1 Å². The Kier molecular flexibility index (Phi) is 5.54. The van der Waals surface area contributed by atoms with Gasteiger partial charge in [0, 0.05) is 17.7 Å². The van der Waals surface area contributed by atoms with E-state index in [-0.39, 0.29) is 18.0 Å². The molecule has 3 rings (SSSR count). The molecule has 1 atom stereocenters. The molecule has 0 unspecified atom stereocenters. The average molecular weight is 384 g/mol. The number of nitro benzene ring substituents is 1. The van der Waals surface area contributed by atoms with E-state index in [9.17, 15) is 19.7 Å². The van der Waals surface area contributed by atoms with Crippen LogP contribution < -0.4 is 5.32 Å². The zero-order chi connectivity index (χ0) is 20.1. The minimum atomic E-state index is -1.03. The van der Waals surface area contributed by atoms with Gasteiger partial charge in [-0.1, -0.05) is 0 Å². The van der Waals surface area contributed by atoms with E-state index in [2.05, 4.69) is 5.32 Å². The fraction of sp³-hybridized carbons (Fsp3) is 0.158. The van der Waals surface area contributed by atoms with Crippen molar-refractivity contribution in [3.05, 3.63) is 76.4 Å². The molecule has 0 radical (unpaired) electrons. The topological polar surface area (TPSA) is 125 Å². The number of nitrogens with one attached hydrogen (secondary N) is 1. The van der Waals surface area contributed by atoms with E-state index in [0.717, 1.165) is 0 Å². The second-order valence-corrected chi connectivity index (χ2v) is 5.81. The number of benzene rings is 1. The van der Waals surface area contributed by atoms with Crippen molar-refractivity contribution in [2.75, 3.05) is 0 Å². The van der Waals surface area contributed by atoms with Crippen LogP contribution in [0.1, 0.15) is 23.2 Å². The molecule has 1 N–H and O–H groups in total. The first-order chi connectivity index (χ1) is 13.4. The number of nitro groups is 1. The maximum absolute atomic E-state index is 12.2. The van der Waals surface area contributed by atoms with Crippen LogP contribution in [-0.4, -0.2) is 22.9 Å². The minimum absolute atomic E-state index is 0.0516. The van der Waals surface area contributed by atoms with Crippen molar-refractivity contribution in [2.45, 2.75) is 19.6 Å². The Balaban J connectivity index is 1.58.